The number of hydrogen-bond acceptors (Lipinski definition) is 5. The summed E-state index contributed by atoms with van der Waals surface area (Å²) in [5.41, 5.74) is 2.04. The maximum absolute atomic E-state index is 5.97. The lowest BCUT2D eigenvalue weighted by molar-refractivity contribution is 0.174. The van der Waals surface area contributed by atoms with Crippen LogP contribution >= 0.6 is 22.9 Å². The molecule has 6 heteroatoms. The number of aromatic nitrogens is 1. The first-order chi connectivity index (χ1) is 10.3. The molecule has 2 heterocycles. The number of thiazole rings is 1. The molecule has 1 aromatic heterocycles. The summed E-state index contributed by atoms with van der Waals surface area (Å²) in [4.78, 5) is 4.53. The predicted molar refractivity (Wildman–Crippen MR) is 84.5 cm³/mol. The molecule has 0 saturated heterocycles. The lowest BCUT2D eigenvalue weighted by atomic mass is 10.2. The minimum atomic E-state index is 0.296. The van der Waals surface area contributed by atoms with Gasteiger partial charge in [0, 0.05) is 11.6 Å². The lowest BCUT2D eigenvalue weighted by Gasteiger charge is -2.04. The maximum atomic E-state index is 5.97. The second-order valence-corrected chi connectivity index (χ2v) is 6.14. The number of halogens is 1. The van der Waals surface area contributed by atoms with Gasteiger partial charge in [-0.1, -0.05) is 29.0 Å². The van der Waals surface area contributed by atoms with Crippen LogP contribution in [0.5, 0.6) is 11.5 Å². The molecule has 0 saturated carbocycles. The first-order valence-electron chi connectivity index (χ1n) is 6.46. The van der Waals surface area contributed by atoms with E-state index in [2.05, 4.69) is 10.3 Å². The van der Waals surface area contributed by atoms with Crippen LogP contribution in [0.1, 0.15) is 5.56 Å². The fourth-order valence-electron chi connectivity index (χ4n) is 2.20. The molecule has 0 bridgehead atoms. The van der Waals surface area contributed by atoms with Gasteiger partial charge in [-0.15, -0.1) is 0 Å². The summed E-state index contributed by atoms with van der Waals surface area (Å²) in [6.07, 6.45) is 0. The third-order valence-corrected chi connectivity index (χ3v) is 4.46. The Morgan fingerprint density at radius 3 is 3.00 bits per heavy atom. The average molecular weight is 319 g/mol. The zero-order valence-corrected chi connectivity index (χ0v) is 12.5. The fourth-order valence-corrected chi connectivity index (χ4v) is 3.21. The molecule has 0 unspecified atom stereocenters. The highest BCUT2D eigenvalue weighted by Crippen LogP contribution is 2.33. The highest BCUT2D eigenvalue weighted by molar-refractivity contribution is 7.22. The largest absolute Gasteiger partial charge is 0.454 e. The zero-order valence-electron chi connectivity index (χ0n) is 10.9. The van der Waals surface area contributed by atoms with Gasteiger partial charge < -0.3 is 14.8 Å². The molecule has 1 aliphatic rings. The normalized spacial score (nSPS) is 12.8. The molecule has 21 heavy (non-hydrogen) atoms. The Bertz CT molecular complexity index is 819. The van der Waals surface area contributed by atoms with Gasteiger partial charge in [-0.25, -0.2) is 4.98 Å². The van der Waals surface area contributed by atoms with Crippen LogP contribution < -0.4 is 14.8 Å². The number of anilines is 1. The first-order valence-corrected chi connectivity index (χ1v) is 7.66. The molecule has 3 aromatic rings. The molecule has 0 amide bonds. The molecule has 4 rings (SSSR count). The third kappa shape index (κ3) is 2.50. The summed E-state index contributed by atoms with van der Waals surface area (Å²) in [5.74, 6) is 1.60. The van der Waals surface area contributed by atoms with Crippen LogP contribution in [0, 0.1) is 0 Å². The zero-order chi connectivity index (χ0) is 14.2. The Morgan fingerprint density at radius 1 is 1.14 bits per heavy atom. The molecule has 2 aromatic carbocycles. The van der Waals surface area contributed by atoms with Gasteiger partial charge in [0.15, 0.2) is 16.6 Å². The van der Waals surface area contributed by atoms with Crippen molar-refractivity contribution in [1.29, 1.82) is 0 Å². The van der Waals surface area contributed by atoms with Crippen molar-refractivity contribution in [2.24, 2.45) is 0 Å². The van der Waals surface area contributed by atoms with Crippen molar-refractivity contribution in [3.8, 4) is 11.5 Å². The van der Waals surface area contributed by atoms with Crippen molar-refractivity contribution in [1.82, 2.24) is 4.98 Å². The Balaban J connectivity index is 1.52. The van der Waals surface area contributed by atoms with Crippen LogP contribution in [0.25, 0.3) is 10.2 Å². The van der Waals surface area contributed by atoms with Gasteiger partial charge in [0.1, 0.15) is 0 Å². The first kappa shape index (κ1) is 12.7. The van der Waals surface area contributed by atoms with E-state index in [1.54, 1.807) is 11.3 Å². The van der Waals surface area contributed by atoms with Gasteiger partial charge in [-0.2, -0.15) is 0 Å². The second kappa shape index (κ2) is 5.09. The minimum Gasteiger partial charge on any atom is -0.454 e. The minimum absolute atomic E-state index is 0.296. The van der Waals surface area contributed by atoms with Gasteiger partial charge in [-0.05, 0) is 35.9 Å². The number of rotatable bonds is 3. The molecular formula is C15H11ClN2O2S. The van der Waals surface area contributed by atoms with Crippen molar-refractivity contribution >= 4 is 38.3 Å². The highest BCUT2D eigenvalue weighted by Gasteiger charge is 2.13. The maximum Gasteiger partial charge on any atom is 0.231 e. The van der Waals surface area contributed by atoms with E-state index in [-0.39, 0.29) is 0 Å². The number of nitrogens with one attached hydrogen (secondary N) is 1. The van der Waals surface area contributed by atoms with E-state index in [1.165, 1.54) is 0 Å². The molecule has 1 aliphatic heterocycles. The number of benzene rings is 2. The van der Waals surface area contributed by atoms with Gasteiger partial charge in [0.05, 0.1) is 10.2 Å². The van der Waals surface area contributed by atoms with Crippen molar-refractivity contribution < 1.29 is 9.47 Å². The molecule has 0 radical (unpaired) electrons. The van der Waals surface area contributed by atoms with Crippen molar-refractivity contribution in [2.45, 2.75) is 6.54 Å². The summed E-state index contributed by atoms with van der Waals surface area (Å²) in [6.45, 7) is 0.981. The molecule has 0 atom stereocenters. The van der Waals surface area contributed by atoms with Gasteiger partial charge >= 0.3 is 0 Å². The van der Waals surface area contributed by atoms with Crippen LogP contribution in [0.2, 0.25) is 5.02 Å². The van der Waals surface area contributed by atoms with E-state index in [0.717, 1.165) is 32.4 Å². The quantitative estimate of drug-likeness (QED) is 0.782. The van der Waals surface area contributed by atoms with Crippen LogP contribution in [-0.2, 0) is 6.54 Å². The van der Waals surface area contributed by atoms with Crippen LogP contribution in [0.15, 0.2) is 36.4 Å². The van der Waals surface area contributed by atoms with Gasteiger partial charge in [-0.3, -0.25) is 0 Å². The van der Waals surface area contributed by atoms with Crippen molar-refractivity contribution in [2.75, 3.05) is 12.1 Å². The van der Waals surface area contributed by atoms with E-state index < -0.39 is 0 Å². The van der Waals surface area contributed by atoms with E-state index in [1.807, 2.05) is 36.4 Å². The Morgan fingerprint density at radius 2 is 2.05 bits per heavy atom. The monoisotopic (exact) mass is 318 g/mol. The van der Waals surface area contributed by atoms with E-state index >= 15 is 0 Å². The summed E-state index contributed by atoms with van der Waals surface area (Å²) < 4.78 is 11.8. The summed E-state index contributed by atoms with van der Waals surface area (Å²) in [5, 5.41) is 4.91. The van der Waals surface area contributed by atoms with E-state index in [4.69, 9.17) is 21.1 Å². The van der Waals surface area contributed by atoms with Crippen LogP contribution in [-0.4, -0.2) is 11.8 Å². The molecule has 1 N–H and O–H groups in total. The number of ether oxygens (including phenoxy) is 2. The second-order valence-electron chi connectivity index (χ2n) is 4.67. The number of hydrogen-bond donors (Lipinski definition) is 1. The third-order valence-electron chi connectivity index (χ3n) is 3.23. The topological polar surface area (TPSA) is 43.4 Å². The Labute approximate surface area is 130 Å². The summed E-state index contributed by atoms with van der Waals surface area (Å²) >= 11 is 7.59. The highest BCUT2D eigenvalue weighted by atomic mass is 35.5. The smallest absolute Gasteiger partial charge is 0.231 e. The number of fused-ring (bicyclic) bond motifs is 2. The molecule has 0 aliphatic carbocycles. The molecule has 0 fully saturated rings. The Kier molecular flexibility index (Phi) is 3.09. The predicted octanol–water partition coefficient (Wildman–Crippen LogP) is 4.29. The summed E-state index contributed by atoms with van der Waals surface area (Å²) in [7, 11) is 0. The van der Waals surface area contributed by atoms with Gasteiger partial charge in [0.2, 0.25) is 6.79 Å². The van der Waals surface area contributed by atoms with Gasteiger partial charge in [0.25, 0.3) is 0 Å². The lowest BCUT2D eigenvalue weighted by Crippen LogP contribution is -1.98. The SMILES string of the molecule is Clc1ccc2sc(NCc3ccc4c(c3)OCO4)nc2c1. The number of nitrogens with zero attached hydrogens (tertiary/aromatic N) is 1. The Hall–Kier alpha value is -1.98. The molecule has 4 nitrogen and oxygen atoms in total. The summed E-state index contributed by atoms with van der Waals surface area (Å²) in [6, 6.07) is 11.7. The molecule has 106 valence electrons. The van der Waals surface area contributed by atoms with Crippen LogP contribution in [0.3, 0.4) is 0 Å². The van der Waals surface area contributed by atoms with Crippen molar-refractivity contribution in [3.63, 3.8) is 0 Å². The molecule has 0 spiro atoms. The van der Waals surface area contributed by atoms with Crippen LogP contribution in [0.4, 0.5) is 5.13 Å². The van der Waals surface area contributed by atoms with Crippen molar-refractivity contribution in [3.05, 3.63) is 47.0 Å². The fraction of sp³-hybridized carbons (Fsp3) is 0.133. The van der Waals surface area contributed by atoms with E-state index in [0.29, 0.717) is 18.4 Å². The van der Waals surface area contributed by atoms with E-state index in [9.17, 15) is 0 Å². The molecular weight excluding hydrogens is 308 g/mol. The standard InChI is InChI=1S/C15H11ClN2O2S/c16-10-2-4-14-11(6-10)18-15(21-14)17-7-9-1-3-12-13(5-9)20-8-19-12/h1-6H,7-8H2,(H,17,18). The average Bonchev–Trinajstić information content (AvgIpc) is 3.09.